The van der Waals surface area contributed by atoms with E-state index in [2.05, 4.69) is 28.3 Å². The normalized spacial score (nSPS) is 14.2. The van der Waals surface area contributed by atoms with Gasteiger partial charge in [0.15, 0.2) is 5.69 Å². The number of rotatable bonds is 8. The van der Waals surface area contributed by atoms with Crippen molar-refractivity contribution in [3.63, 3.8) is 0 Å². The number of carbonyl (C=O) groups is 1. The van der Waals surface area contributed by atoms with Gasteiger partial charge in [-0.3, -0.25) is 4.79 Å². The zero-order valence-electron chi connectivity index (χ0n) is 14.3. The summed E-state index contributed by atoms with van der Waals surface area (Å²) in [5.74, 6) is 0.255. The lowest BCUT2D eigenvalue weighted by molar-refractivity contribution is 0.0948. The summed E-state index contributed by atoms with van der Waals surface area (Å²) >= 11 is 6.10. The van der Waals surface area contributed by atoms with Gasteiger partial charge in [0.1, 0.15) is 0 Å². The third kappa shape index (κ3) is 5.46. The van der Waals surface area contributed by atoms with Crippen LogP contribution in [0.5, 0.6) is 0 Å². The highest BCUT2D eigenvalue weighted by molar-refractivity contribution is 6.33. The Bertz CT molecular complexity index is 592. The minimum absolute atomic E-state index is 0.228. The first-order valence-electron chi connectivity index (χ1n) is 8.39. The molecule has 0 radical (unpaired) electrons. The number of hydrogen-bond acceptors (Lipinski definition) is 5. The van der Waals surface area contributed by atoms with E-state index in [0.29, 0.717) is 19.1 Å². The Balaban J connectivity index is 1.93. The minimum Gasteiger partial charge on any atom is -0.377 e. The molecule has 6 nitrogen and oxygen atoms in total. The molecule has 132 valence electrons. The number of carbonyl (C=O) groups excluding carboxylic acids is 1. The molecule has 24 heavy (non-hydrogen) atoms. The predicted molar refractivity (Wildman–Crippen MR) is 95.7 cm³/mol. The van der Waals surface area contributed by atoms with E-state index in [1.807, 2.05) is 11.9 Å². The van der Waals surface area contributed by atoms with E-state index in [4.69, 9.17) is 16.3 Å². The first kappa shape index (κ1) is 18.7. The number of nitrogens with one attached hydrogen (secondary N) is 1. The van der Waals surface area contributed by atoms with Crippen LogP contribution < -0.4 is 10.2 Å². The summed E-state index contributed by atoms with van der Waals surface area (Å²) in [5.41, 5.74) is 1.54. The van der Waals surface area contributed by atoms with Gasteiger partial charge < -0.3 is 15.0 Å². The highest BCUT2D eigenvalue weighted by Crippen LogP contribution is 2.16. The Morgan fingerprint density at radius 2 is 2.33 bits per heavy atom. The van der Waals surface area contributed by atoms with Crippen LogP contribution in [0.2, 0.25) is 5.02 Å². The number of halogens is 1. The van der Waals surface area contributed by atoms with Gasteiger partial charge >= 0.3 is 0 Å². The van der Waals surface area contributed by atoms with E-state index in [0.717, 1.165) is 38.8 Å². The van der Waals surface area contributed by atoms with Gasteiger partial charge in [-0.2, -0.15) is 0 Å². The number of ether oxygens (including phenoxy) is 1. The van der Waals surface area contributed by atoms with Crippen LogP contribution in [0.1, 0.15) is 43.1 Å². The number of anilines is 1. The van der Waals surface area contributed by atoms with E-state index in [-0.39, 0.29) is 16.6 Å². The van der Waals surface area contributed by atoms with Crippen LogP contribution in [0, 0.1) is 0 Å². The van der Waals surface area contributed by atoms with Gasteiger partial charge in [-0.05, 0) is 19.3 Å². The van der Waals surface area contributed by atoms with Crippen LogP contribution in [-0.4, -0.2) is 49.2 Å². The zero-order chi connectivity index (χ0) is 17.4. The molecule has 0 aromatic carbocycles. The molecular weight excluding hydrogens is 328 g/mol. The van der Waals surface area contributed by atoms with Crippen molar-refractivity contribution >= 4 is 23.5 Å². The molecule has 1 N–H and O–H groups in total. The van der Waals surface area contributed by atoms with Crippen LogP contribution in [0.25, 0.3) is 0 Å². The molecule has 7 heteroatoms. The Morgan fingerprint density at radius 1 is 1.50 bits per heavy atom. The SMILES string of the molecule is CCCCN(C)c1ncc(Cl)c(C(=O)NCCC2=CCOCC2)n1. The van der Waals surface area contributed by atoms with Crippen molar-refractivity contribution < 1.29 is 9.53 Å². The standard InChI is InChI=1S/C17H25ClN4O2/c1-3-4-9-22(2)17-20-12-14(18)15(21-17)16(23)19-8-5-13-6-10-24-11-7-13/h6,12H,3-5,7-11H2,1-2H3,(H,19,23). The first-order valence-corrected chi connectivity index (χ1v) is 8.77. The van der Waals surface area contributed by atoms with Crippen molar-refractivity contribution in [3.05, 3.63) is 28.6 Å². The molecule has 0 aliphatic carbocycles. The number of aromatic nitrogens is 2. The van der Waals surface area contributed by atoms with E-state index in [1.54, 1.807) is 0 Å². The van der Waals surface area contributed by atoms with Crippen molar-refractivity contribution in [1.29, 1.82) is 0 Å². The molecule has 0 saturated carbocycles. The molecule has 1 aromatic rings. The molecule has 1 aliphatic rings. The monoisotopic (exact) mass is 352 g/mol. The quantitative estimate of drug-likeness (QED) is 0.729. The maximum absolute atomic E-state index is 12.3. The summed E-state index contributed by atoms with van der Waals surface area (Å²) in [4.78, 5) is 22.8. The Morgan fingerprint density at radius 3 is 3.04 bits per heavy atom. The highest BCUT2D eigenvalue weighted by Gasteiger charge is 2.16. The second-order valence-corrected chi connectivity index (χ2v) is 6.24. The van der Waals surface area contributed by atoms with Gasteiger partial charge in [-0.1, -0.05) is 36.6 Å². The van der Waals surface area contributed by atoms with Gasteiger partial charge in [-0.15, -0.1) is 0 Å². The predicted octanol–water partition coefficient (Wildman–Crippen LogP) is 2.83. The molecule has 1 aromatic heterocycles. The molecule has 0 fully saturated rings. The van der Waals surface area contributed by atoms with Crippen LogP contribution >= 0.6 is 11.6 Å². The molecule has 0 bridgehead atoms. The third-order valence-corrected chi connectivity index (χ3v) is 4.20. The molecular formula is C17H25ClN4O2. The van der Waals surface area contributed by atoms with Crippen molar-refractivity contribution in [2.45, 2.75) is 32.6 Å². The molecule has 1 amide bonds. The number of amides is 1. The van der Waals surface area contributed by atoms with Gasteiger partial charge in [0.25, 0.3) is 5.91 Å². The smallest absolute Gasteiger partial charge is 0.271 e. The fraction of sp³-hybridized carbons (Fsp3) is 0.588. The molecule has 0 saturated heterocycles. The van der Waals surface area contributed by atoms with Crippen LogP contribution in [0.3, 0.4) is 0 Å². The average molecular weight is 353 g/mol. The maximum Gasteiger partial charge on any atom is 0.271 e. The average Bonchev–Trinajstić information content (AvgIpc) is 2.60. The van der Waals surface area contributed by atoms with Crippen molar-refractivity contribution in [3.8, 4) is 0 Å². The lowest BCUT2D eigenvalue weighted by Crippen LogP contribution is -2.28. The van der Waals surface area contributed by atoms with Gasteiger partial charge in [0.05, 0.1) is 24.4 Å². The zero-order valence-corrected chi connectivity index (χ0v) is 15.1. The lowest BCUT2D eigenvalue weighted by Gasteiger charge is -2.17. The number of hydrogen-bond donors (Lipinski definition) is 1. The highest BCUT2D eigenvalue weighted by atomic mass is 35.5. The fourth-order valence-electron chi connectivity index (χ4n) is 2.41. The Labute approximate surface area is 148 Å². The summed E-state index contributed by atoms with van der Waals surface area (Å²) in [6, 6.07) is 0. The molecule has 2 rings (SSSR count). The number of nitrogens with zero attached hydrogens (tertiary/aromatic N) is 3. The second-order valence-electron chi connectivity index (χ2n) is 5.83. The molecule has 0 atom stereocenters. The van der Waals surface area contributed by atoms with Crippen LogP contribution in [0.4, 0.5) is 5.95 Å². The molecule has 2 heterocycles. The minimum atomic E-state index is -0.264. The van der Waals surface area contributed by atoms with Crippen LogP contribution in [-0.2, 0) is 4.74 Å². The molecule has 1 aliphatic heterocycles. The van der Waals surface area contributed by atoms with Gasteiger partial charge in [0, 0.05) is 20.1 Å². The first-order chi connectivity index (χ1) is 11.6. The summed E-state index contributed by atoms with van der Waals surface area (Å²) in [6.07, 6.45) is 7.45. The van der Waals surface area contributed by atoms with Crippen LogP contribution in [0.15, 0.2) is 17.8 Å². The summed E-state index contributed by atoms with van der Waals surface area (Å²) in [5, 5.41) is 3.15. The summed E-state index contributed by atoms with van der Waals surface area (Å²) in [7, 11) is 1.91. The van der Waals surface area contributed by atoms with Gasteiger partial charge in [-0.25, -0.2) is 9.97 Å². The van der Waals surface area contributed by atoms with E-state index in [1.165, 1.54) is 11.8 Å². The van der Waals surface area contributed by atoms with E-state index in [9.17, 15) is 4.79 Å². The van der Waals surface area contributed by atoms with E-state index >= 15 is 0 Å². The maximum atomic E-state index is 12.3. The topological polar surface area (TPSA) is 67.4 Å². The number of unbranched alkanes of at least 4 members (excludes halogenated alkanes) is 1. The largest absolute Gasteiger partial charge is 0.377 e. The Hall–Kier alpha value is -1.66. The van der Waals surface area contributed by atoms with Gasteiger partial charge in [0.2, 0.25) is 5.95 Å². The van der Waals surface area contributed by atoms with Crippen molar-refractivity contribution in [2.75, 3.05) is 38.3 Å². The van der Waals surface area contributed by atoms with E-state index < -0.39 is 0 Å². The summed E-state index contributed by atoms with van der Waals surface area (Å²) < 4.78 is 5.27. The van der Waals surface area contributed by atoms with Crippen molar-refractivity contribution in [1.82, 2.24) is 15.3 Å². The Kier molecular flexibility index (Phi) is 7.46. The third-order valence-electron chi connectivity index (χ3n) is 3.92. The van der Waals surface area contributed by atoms with Crippen molar-refractivity contribution in [2.24, 2.45) is 0 Å². The fourth-order valence-corrected chi connectivity index (χ4v) is 2.59. The lowest BCUT2D eigenvalue weighted by atomic mass is 10.1. The second kappa shape index (κ2) is 9.59. The molecule has 0 unspecified atom stereocenters. The molecule has 0 spiro atoms. The summed E-state index contributed by atoms with van der Waals surface area (Å²) in [6.45, 7) is 4.95.